The predicted octanol–water partition coefficient (Wildman–Crippen LogP) is 0.923. The van der Waals surface area contributed by atoms with Crippen molar-refractivity contribution in [3.8, 4) is 0 Å². The monoisotopic (exact) mass is 193 g/mol. The van der Waals surface area contributed by atoms with Crippen molar-refractivity contribution < 1.29 is 0 Å². The average molecular weight is 194 g/mol. The van der Waals surface area contributed by atoms with E-state index >= 15 is 0 Å². The van der Waals surface area contributed by atoms with Crippen LogP contribution in [0.3, 0.4) is 0 Å². The van der Waals surface area contributed by atoms with E-state index in [4.69, 9.17) is 0 Å². The Kier molecular flexibility index (Phi) is 4.33. The summed E-state index contributed by atoms with van der Waals surface area (Å²) in [6.07, 6.45) is 3.46. The molecule has 62 valence electrons. The Morgan fingerprint density at radius 1 is 1.00 bits per heavy atom. The number of rotatable bonds is 0. The van der Waals surface area contributed by atoms with Gasteiger partial charge in [-0.05, 0) is 0 Å². The van der Waals surface area contributed by atoms with Gasteiger partial charge in [0, 0.05) is 25.5 Å². The highest BCUT2D eigenvalue weighted by molar-refractivity contribution is 5.85. The molecule has 0 fully saturated rings. The minimum Gasteiger partial charge on any atom is -0.305 e. The normalized spacial score (nSPS) is 12.7. The van der Waals surface area contributed by atoms with Crippen molar-refractivity contribution in [1.82, 2.24) is 15.3 Å². The molecule has 5 heteroatoms. The zero-order valence-corrected chi connectivity index (χ0v) is 7.41. The van der Waals surface area contributed by atoms with Crippen LogP contribution in [0.25, 0.3) is 0 Å². The third-order valence-electron chi connectivity index (χ3n) is 1.45. The molecule has 0 saturated carbocycles. The van der Waals surface area contributed by atoms with E-state index in [1.807, 2.05) is 0 Å². The Balaban J connectivity index is 0.000000500. The predicted molar refractivity (Wildman–Crippen MR) is 47.1 cm³/mol. The van der Waals surface area contributed by atoms with E-state index in [2.05, 4.69) is 15.3 Å². The van der Waals surface area contributed by atoms with E-state index in [1.54, 1.807) is 12.4 Å². The van der Waals surface area contributed by atoms with Gasteiger partial charge in [0.1, 0.15) is 0 Å². The minimum absolute atomic E-state index is 0. The van der Waals surface area contributed by atoms with Gasteiger partial charge in [-0.25, -0.2) is 0 Å². The lowest BCUT2D eigenvalue weighted by Gasteiger charge is -1.89. The summed E-state index contributed by atoms with van der Waals surface area (Å²) < 4.78 is 0. The highest BCUT2D eigenvalue weighted by atomic mass is 35.5. The van der Waals surface area contributed by atoms with Gasteiger partial charge in [0.05, 0.1) is 11.4 Å². The van der Waals surface area contributed by atoms with E-state index in [0.29, 0.717) is 0 Å². The van der Waals surface area contributed by atoms with Gasteiger partial charge in [0.2, 0.25) is 0 Å². The Hall–Kier alpha value is -0.380. The molecule has 1 N–H and O–H groups in total. The lowest BCUT2D eigenvalue weighted by Crippen LogP contribution is -2.00. The fourth-order valence-corrected chi connectivity index (χ4v) is 0.990. The van der Waals surface area contributed by atoms with Crippen molar-refractivity contribution in [3.05, 3.63) is 23.8 Å². The molecule has 0 bridgehead atoms. The topological polar surface area (TPSA) is 37.8 Å². The van der Waals surface area contributed by atoms with Crippen molar-refractivity contribution in [2.45, 2.75) is 13.1 Å². The molecular formula is C6H9Cl2N3. The summed E-state index contributed by atoms with van der Waals surface area (Å²) in [5.41, 5.74) is 2.19. The summed E-state index contributed by atoms with van der Waals surface area (Å²) in [4.78, 5) is 8.27. The van der Waals surface area contributed by atoms with Crippen LogP contribution >= 0.6 is 24.8 Å². The molecule has 2 rings (SSSR count). The molecule has 0 aliphatic carbocycles. The number of nitrogens with one attached hydrogen (secondary N) is 1. The van der Waals surface area contributed by atoms with Gasteiger partial charge in [0.15, 0.2) is 0 Å². The molecule has 0 unspecified atom stereocenters. The van der Waals surface area contributed by atoms with Crippen molar-refractivity contribution in [2.75, 3.05) is 0 Å². The molecule has 0 radical (unpaired) electrons. The van der Waals surface area contributed by atoms with Gasteiger partial charge < -0.3 is 5.32 Å². The third kappa shape index (κ3) is 2.02. The molecule has 0 atom stereocenters. The smallest absolute Gasteiger partial charge is 0.0770 e. The van der Waals surface area contributed by atoms with Crippen LogP contribution in [-0.4, -0.2) is 9.97 Å². The largest absolute Gasteiger partial charge is 0.305 e. The van der Waals surface area contributed by atoms with Gasteiger partial charge >= 0.3 is 0 Å². The first kappa shape index (κ1) is 10.6. The van der Waals surface area contributed by atoms with E-state index < -0.39 is 0 Å². The van der Waals surface area contributed by atoms with Crippen LogP contribution in [-0.2, 0) is 13.1 Å². The van der Waals surface area contributed by atoms with Crippen LogP contribution < -0.4 is 5.32 Å². The van der Waals surface area contributed by atoms with Crippen LogP contribution in [0.5, 0.6) is 0 Å². The summed E-state index contributed by atoms with van der Waals surface area (Å²) in [5.74, 6) is 0. The molecular weight excluding hydrogens is 185 g/mol. The minimum atomic E-state index is 0. The Morgan fingerprint density at radius 3 is 1.91 bits per heavy atom. The van der Waals surface area contributed by atoms with E-state index in [-0.39, 0.29) is 24.8 Å². The van der Waals surface area contributed by atoms with Crippen LogP contribution in [0.15, 0.2) is 12.4 Å². The molecule has 1 aromatic heterocycles. The zero-order valence-electron chi connectivity index (χ0n) is 5.78. The first-order valence-electron chi connectivity index (χ1n) is 2.96. The molecule has 1 aliphatic heterocycles. The number of hydrogen-bond acceptors (Lipinski definition) is 3. The van der Waals surface area contributed by atoms with Crippen LogP contribution in [0, 0.1) is 0 Å². The molecule has 0 aromatic carbocycles. The lowest BCUT2D eigenvalue weighted by atomic mass is 10.4. The van der Waals surface area contributed by atoms with Crippen LogP contribution in [0.2, 0.25) is 0 Å². The maximum absolute atomic E-state index is 4.13. The second-order valence-corrected chi connectivity index (χ2v) is 2.05. The number of aromatic nitrogens is 2. The summed E-state index contributed by atoms with van der Waals surface area (Å²) >= 11 is 0. The molecule has 11 heavy (non-hydrogen) atoms. The first-order valence-corrected chi connectivity index (χ1v) is 2.96. The number of halogens is 2. The molecule has 1 aromatic rings. The standard InChI is InChI=1S/C6H7N3.2ClH/c1-2-9-6-4-7-3-5(6)8-1;;/h1-2,7H,3-4H2;2*1H. The van der Waals surface area contributed by atoms with Crippen molar-refractivity contribution in [2.24, 2.45) is 0 Å². The van der Waals surface area contributed by atoms with Crippen LogP contribution in [0.1, 0.15) is 11.4 Å². The van der Waals surface area contributed by atoms with Gasteiger partial charge in [-0.2, -0.15) is 0 Å². The van der Waals surface area contributed by atoms with Gasteiger partial charge in [-0.15, -0.1) is 24.8 Å². The summed E-state index contributed by atoms with van der Waals surface area (Å²) in [6.45, 7) is 1.76. The molecule has 2 heterocycles. The van der Waals surface area contributed by atoms with Crippen molar-refractivity contribution in [1.29, 1.82) is 0 Å². The van der Waals surface area contributed by atoms with Crippen molar-refractivity contribution >= 4 is 24.8 Å². The fraction of sp³-hybridized carbons (Fsp3) is 0.333. The Labute approximate surface area is 77.5 Å². The Morgan fingerprint density at radius 2 is 1.45 bits per heavy atom. The number of fused-ring (bicyclic) bond motifs is 1. The molecule has 1 aliphatic rings. The SMILES string of the molecule is Cl.Cl.c1cnc2c(n1)CNC2. The number of hydrogen-bond donors (Lipinski definition) is 1. The van der Waals surface area contributed by atoms with E-state index in [1.165, 1.54) is 0 Å². The summed E-state index contributed by atoms with van der Waals surface area (Å²) in [5, 5.41) is 3.16. The molecule has 0 saturated heterocycles. The zero-order chi connectivity index (χ0) is 6.10. The second-order valence-electron chi connectivity index (χ2n) is 2.05. The highest BCUT2D eigenvalue weighted by Crippen LogP contribution is 2.06. The maximum Gasteiger partial charge on any atom is 0.0770 e. The lowest BCUT2D eigenvalue weighted by molar-refractivity contribution is 0.753. The average Bonchev–Trinajstić information content (AvgIpc) is 2.33. The molecule has 0 spiro atoms. The number of nitrogens with zero attached hydrogens (tertiary/aromatic N) is 2. The Bertz CT molecular complexity index is 206. The fourth-order valence-electron chi connectivity index (χ4n) is 0.990. The van der Waals surface area contributed by atoms with Gasteiger partial charge in [-0.3, -0.25) is 9.97 Å². The highest BCUT2D eigenvalue weighted by Gasteiger charge is 2.09. The quantitative estimate of drug-likeness (QED) is 0.667. The summed E-state index contributed by atoms with van der Waals surface area (Å²) in [7, 11) is 0. The van der Waals surface area contributed by atoms with Gasteiger partial charge in [0.25, 0.3) is 0 Å². The van der Waals surface area contributed by atoms with Gasteiger partial charge in [-0.1, -0.05) is 0 Å². The van der Waals surface area contributed by atoms with Crippen LogP contribution in [0.4, 0.5) is 0 Å². The maximum atomic E-state index is 4.13. The van der Waals surface area contributed by atoms with E-state index in [0.717, 1.165) is 24.5 Å². The van der Waals surface area contributed by atoms with E-state index in [9.17, 15) is 0 Å². The summed E-state index contributed by atoms with van der Waals surface area (Å²) in [6, 6.07) is 0. The van der Waals surface area contributed by atoms with Crippen molar-refractivity contribution in [3.63, 3.8) is 0 Å². The molecule has 3 nitrogen and oxygen atoms in total. The molecule has 0 amide bonds. The second kappa shape index (κ2) is 4.49. The first-order chi connectivity index (χ1) is 4.47. The third-order valence-corrected chi connectivity index (χ3v) is 1.45.